The molecule has 0 amide bonds. The maximum atomic E-state index is 10.5. The lowest BCUT2D eigenvalue weighted by Crippen LogP contribution is -2.00. The average molecular weight is 274 g/mol. The van der Waals surface area contributed by atoms with E-state index in [9.17, 15) is 5.11 Å². The summed E-state index contributed by atoms with van der Waals surface area (Å²) in [6, 6.07) is 9.88. The summed E-state index contributed by atoms with van der Waals surface area (Å²) in [6.45, 7) is 4.16. The molecular formula is C16H18O2S. The van der Waals surface area contributed by atoms with Crippen LogP contribution in [0.15, 0.2) is 30.3 Å². The maximum Gasteiger partial charge on any atom is 0.120 e. The van der Waals surface area contributed by atoms with E-state index in [1.54, 1.807) is 11.3 Å². The van der Waals surface area contributed by atoms with Crippen LogP contribution in [0, 0.1) is 13.8 Å². The van der Waals surface area contributed by atoms with E-state index in [1.807, 2.05) is 24.3 Å². The topological polar surface area (TPSA) is 29.5 Å². The minimum absolute atomic E-state index is 0.388. The average Bonchev–Trinajstić information content (AvgIpc) is 3.15. The van der Waals surface area contributed by atoms with Crippen LogP contribution in [0.4, 0.5) is 0 Å². The fourth-order valence-corrected chi connectivity index (χ4v) is 3.09. The van der Waals surface area contributed by atoms with Gasteiger partial charge in [0, 0.05) is 9.75 Å². The van der Waals surface area contributed by atoms with Gasteiger partial charge in [-0.3, -0.25) is 0 Å². The third-order valence-electron chi connectivity index (χ3n) is 3.46. The number of rotatable bonds is 4. The Bertz CT molecular complexity index is 565. The molecule has 0 spiro atoms. The molecule has 100 valence electrons. The monoisotopic (exact) mass is 274 g/mol. The van der Waals surface area contributed by atoms with Gasteiger partial charge in [0.2, 0.25) is 0 Å². The molecule has 1 aliphatic rings. The molecule has 0 radical (unpaired) electrons. The Hall–Kier alpha value is -1.32. The summed E-state index contributed by atoms with van der Waals surface area (Å²) in [5.74, 6) is 0.865. The van der Waals surface area contributed by atoms with Crippen LogP contribution in [0.5, 0.6) is 5.75 Å². The minimum atomic E-state index is -0.555. The van der Waals surface area contributed by atoms with E-state index in [0.29, 0.717) is 6.10 Å². The number of aryl methyl sites for hydroxylation is 2. The van der Waals surface area contributed by atoms with E-state index >= 15 is 0 Å². The van der Waals surface area contributed by atoms with E-state index in [4.69, 9.17) is 4.74 Å². The van der Waals surface area contributed by atoms with Crippen molar-refractivity contribution in [2.24, 2.45) is 0 Å². The third-order valence-corrected chi connectivity index (χ3v) is 4.66. The van der Waals surface area contributed by atoms with Crippen LogP contribution in [-0.4, -0.2) is 11.2 Å². The van der Waals surface area contributed by atoms with E-state index in [2.05, 4.69) is 19.9 Å². The molecule has 1 unspecified atom stereocenters. The van der Waals surface area contributed by atoms with Crippen molar-refractivity contribution in [2.75, 3.05) is 0 Å². The number of benzene rings is 1. The Morgan fingerprint density at radius 3 is 2.68 bits per heavy atom. The highest BCUT2D eigenvalue weighted by molar-refractivity contribution is 7.12. The van der Waals surface area contributed by atoms with E-state index in [-0.39, 0.29) is 0 Å². The van der Waals surface area contributed by atoms with E-state index in [1.165, 1.54) is 10.4 Å². The molecule has 1 atom stereocenters. The van der Waals surface area contributed by atoms with Crippen LogP contribution in [0.3, 0.4) is 0 Å². The number of thiophene rings is 1. The van der Waals surface area contributed by atoms with Gasteiger partial charge < -0.3 is 9.84 Å². The summed E-state index contributed by atoms with van der Waals surface area (Å²) in [4.78, 5) is 2.26. The summed E-state index contributed by atoms with van der Waals surface area (Å²) >= 11 is 1.66. The van der Waals surface area contributed by atoms with Crippen molar-refractivity contribution in [3.63, 3.8) is 0 Å². The zero-order valence-corrected chi connectivity index (χ0v) is 12.0. The Kier molecular flexibility index (Phi) is 3.33. The Balaban J connectivity index is 1.83. The van der Waals surface area contributed by atoms with Gasteiger partial charge in [0.15, 0.2) is 0 Å². The molecule has 0 aliphatic heterocycles. The summed E-state index contributed by atoms with van der Waals surface area (Å²) in [5, 5.41) is 10.5. The van der Waals surface area contributed by atoms with Gasteiger partial charge in [0.05, 0.1) is 6.10 Å². The standard InChI is InChI=1S/C16H18O2S/c1-10-8-15(19-11(10)2)16(17)12-4-3-5-14(9-12)18-13-6-7-13/h3-5,8-9,13,16-17H,6-7H2,1-2H3. The number of hydrogen-bond acceptors (Lipinski definition) is 3. The first-order valence-electron chi connectivity index (χ1n) is 6.65. The van der Waals surface area contributed by atoms with Crippen LogP contribution >= 0.6 is 11.3 Å². The van der Waals surface area contributed by atoms with Crippen molar-refractivity contribution in [3.05, 3.63) is 51.2 Å². The molecule has 1 N–H and O–H groups in total. The van der Waals surface area contributed by atoms with Crippen molar-refractivity contribution < 1.29 is 9.84 Å². The molecule has 1 aromatic carbocycles. The molecule has 2 nitrogen and oxygen atoms in total. The van der Waals surface area contributed by atoms with Gasteiger partial charge in [0.1, 0.15) is 11.9 Å². The van der Waals surface area contributed by atoms with E-state index < -0.39 is 6.10 Å². The highest BCUT2D eigenvalue weighted by atomic mass is 32.1. The molecule has 0 bridgehead atoms. The summed E-state index contributed by atoms with van der Waals surface area (Å²) in [5.41, 5.74) is 2.14. The fraction of sp³-hybridized carbons (Fsp3) is 0.375. The van der Waals surface area contributed by atoms with Crippen LogP contribution in [0.1, 0.15) is 39.8 Å². The summed E-state index contributed by atoms with van der Waals surface area (Å²) < 4.78 is 5.77. The molecule has 1 saturated carbocycles. The van der Waals surface area contributed by atoms with Crippen LogP contribution in [0.25, 0.3) is 0 Å². The molecule has 1 aromatic heterocycles. The molecule has 3 heteroatoms. The van der Waals surface area contributed by atoms with Gasteiger partial charge in [-0.15, -0.1) is 11.3 Å². The zero-order valence-electron chi connectivity index (χ0n) is 11.2. The molecule has 0 saturated heterocycles. The quantitative estimate of drug-likeness (QED) is 0.913. The van der Waals surface area contributed by atoms with Crippen molar-refractivity contribution in [1.29, 1.82) is 0 Å². The second-order valence-corrected chi connectivity index (χ2v) is 6.47. The van der Waals surface area contributed by atoms with Gasteiger partial charge in [0.25, 0.3) is 0 Å². The molecule has 2 aromatic rings. The van der Waals surface area contributed by atoms with Gasteiger partial charge in [-0.2, -0.15) is 0 Å². The smallest absolute Gasteiger partial charge is 0.120 e. The van der Waals surface area contributed by atoms with E-state index in [0.717, 1.165) is 29.0 Å². The Morgan fingerprint density at radius 1 is 1.26 bits per heavy atom. The Morgan fingerprint density at radius 2 is 2.05 bits per heavy atom. The van der Waals surface area contributed by atoms with Crippen molar-refractivity contribution in [1.82, 2.24) is 0 Å². The Labute approximate surface area is 117 Å². The lowest BCUT2D eigenvalue weighted by Gasteiger charge is -2.11. The van der Waals surface area contributed by atoms with Gasteiger partial charge in [-0.25, -0.2) is 0 Å². The van der Waals surface area contributed by atoms with Crippen molar-refractivity contribution in [3.8, 4) is 5.75 Å². The number of aliphatic hydroxyl groups excluding tert-OH is 1. The largest absolute Gasteiger partial charge is 0.490 e. The third kappa shape index (κ3) is 2.82. The predicted octanol–water partition coefficient (Wildman–Crippen LogP) is 3.99. The molecule has 1 heterocycles. The van der Waals surface area contributed by atoms with Crippen molar-refractivity contribution in [2.45, 2.75) is 38.9 Å². The normalized spacial score (nSPS) is 16.4. The van der Waals surface area contributed by atoms with Crippen LogP contribution in [0.2, 0.25) is 0 Å². The second-order valence-electron chi connectivity index (χ2n) is 5.18. The minimum Gasteiger partial charge on any atom is -0.490 e. The maximum absolute atomic E-state index is 10.5. The first kappa shape index (κ1) is 12.7. The molecule has 1 aliphatic carbocycles. The van der Waals surface area contributed by atoms with Crippen LogP contribution in [-0.2, 0) is 0 Å². The molecule has 19 heavy (non-hydrogen) atoms. The zero-order chi connectivity index (χ0) is 13.4. The predicted molar refractivity (Wildman–Crippen MR) is 77.9 cm³/mol. The SMILES string of the molecule is Cc1cc(C(O)c2cccc(OC3CC3)c2)sc1C. The first-order valence-corrected chi connectivity index (χ1v) is 7.47. The highest BCUT2D eigenvalue weighted by Crippen LogP contribution is 2.33. The summed E-state index contributed by atoms with van der Waals surface area (Å²) in [6.07, 6.45) is 2.13. The van der Waals surface area contributed by atoms with Crippen LogP contribution < -0.4 is 4.74 Å². The molecular weight excluding hydrogens is 256 g/mol. The molecule has 1 fully saturated rings. The number of aliphatic hydroxyl groups is 1. The fourth-order valence-electron chi connectivity index (χ4n) is 2.04. The van der Waals surface area contributed by atoms with Gasteiger partial charge >= 0.3 is 0 Å². The highest BCUT2D eigenvalue weighted by Gasteiger charge is 2.24. The first-order chi connectivity index (χ1) is 9.13. The number of hydrogen-bond donors (Lipinski definition) is 1. The lowest BCUT2D eigenvalue weighted by molar-refractivity contribution is 0.223. The van der Waals surface area contributed by atoms with Crippen molar-refractivity contribution >= 4 is 11.3 Å². The van der Waals surface area contributed by atoms with Gasteiger partial charge in [-0.1, -0.05) is 12.1 Å². The summed E-state index contributed by atoms with van der Waals surface area (Å²) in [7, 11) is 0. The lowest BCUT2D eigenvalue weighted by atomic mass is 10.1. The second kappa shape index (κ2) is 4.99. The molecule has 3 rings (SSSR count). The number of ether oxygens (including phenoxy) is 1. The van der Waals surface area contributed by atoms with Gasteiger partial charge in [-0.05, 0) is 56.0 Å².